The zero-order valence-electron chi connectivity index (χ0n) is 27.8. The van der Waals surface area contributed by atoms with Crippen LogP contribution in [0.2, 0.25) is 0 Å². The van der Waals surface area contributed by atoms with E-state index in [2.05, 4.69) is 20.6 Å². The second kappa shape index (κ2) is 12.8. The minimum absolute atomic E-state index is 0.104. The van der Waals surface area contributed by atoms with E-state index in [-0.39, 0.29) is 23.4 Å². The lowest BCUT2D eigenvalue weighted by Gasteiger charge is -2.28. The number of fused-ring (bicyclic) bond motifs is 2. The van der Waals surface area contributed by atoms with Crippen LogP contribution in [0.5, 0.6) is 0 Å². The highest BCUT2D eigenvalue weighted by Gasteiger charge is 2.34. The highest BCUT2D eigenvalue weighted by Crippen LogP contribution is 2.45. The average molecular weight is 639 g/mol. The fraction of sp³-hybridized carbons (Fsp3) is 0.200. The highest BCUT2D eigenvalue weighted by molar-refractivity contribution is 6.34. The van der Waals surface area contributed by atoms with Gasteiger partial charge in [0.2, 0.25) is 11.6 Å². The Balaban J connectivity index is 1.56. The van der Waals surface area contributed by atoms with Gasteiger partial charge in [-0.3, -0.25) is 9.59 Å². The van der Waals surface area contributed by atoms with Crippen molar-refractivity contribution in [3.8, 4) is 11.1 Å². The molecule has 242 valence electrons. The number of pyridine rings is 2. The molecular weight excluding hydrogens is 600 g/mol. The van der Waals surface area contributed by atoms with E-state index in [1.54, 1.807) is 36.9 Å². The van der Waals surface area contributed by atoms with Crippen molar-refractivity contribution in [3.05, 3.63) is 130 Å². The van der Waals surface area contributed by atoms with Gasteiger partial charge in [-0.15, -0.1) is 0 Å². The molecule has 0 unspecified atom stereocenters. The van der Waals surface area contributed by atoms with Crippen LogP contribution in [0, 0.1) is 25.7 Å². The Labute approximate surface area is 280 Å². The summed E-state index contributed by atoms with van der Waals surface area (Å²) in [6.45, 7) is 11.8. The predicted molar refractivity (Wildman–Crippen MR) is 192 cm³/mol. The Hall–Kier alpha value is -5.76. The van der Waals surface area contributed by atoms with E-state index >= 15 is 0 Å². The van der Waals surface area contributed by atoms with Crippen LogP contribution in [0.4, 0.5) is 11.6 Å². The van der Waals surface area contributed by atoms with Gasteiger partial charge < -0.3 is 20.8 Å². The number of aryl methyl sites for hydroxylation is 2. The van der Waals surface area contributed by atoms with Crippen LogP contribution >= 0.6 is 0 Å². The lowest BCUT2D eigenvalue weighted by atomic mass is 9.76. The Morgan fingerprint density at radius 2 is 0.979 bits per heavy atom. The van der Waals surface area contributed by atoms with Crippen molar-refractivity contribution in [2.45, 2.75) is 41.5 Å². The normalized spacial score (nSPS) is 16.2. The fourth-order valence-corrected chi connectivity index (χ4v) is 6.53. The maximum atomic E-state index is 13.7. The Morgan fingerprint density at radius 1 is 0.583 bits per heavy atom. The zero-order chi connectivity index (χ0) is 34.3. The van der Waals surface area contributed by atoms with Crippen LogP contribution in [0.1, 0.15) is 61.1 Å². The Bertz CT molecular complexity index is 1940. The molecule has 0 amide bonds. The van der Waals surface area contributed by atoms with E-state index < -0.39 is 11.6 Å². The average Bonchev–Trinajstić information content (AvgIpc) is 3.06. The van der Waals surface area contributed by atoms with Crippen molar-refractivity contribution in [3.63, 3.8) is 0 Å². The molecule has 2 heterocycles. The summed E-state index contributed by atoms with van der Waals surface area (Å²) in [6.07, 6.45) is 6.51. The molecule has 0 saturated heterocycles. The number of carbonyl (C=O) groups excluding carboxylic acids is 2. The number of aliphatic hydroxyl groups is 2. The van der Waals surface area contributed by atoms with Gasteiger partial charge in [0.25, 0.3) is 0 Å². The molecular formula is C40H38N4O4. The van der Waals surface area contributed by atoms with Crippen molar-refractivity contribution in [1.29, 1.82) is 0 Å². The first-order valence-electron chi connectivity index (χ1n) is 16.0. The summed E-state index contributed by atoms with van der Waals surface area (Å²) >= 11 is 0. The van der Waals surface area contributed by atoms with Crippen molar-refractivity contribution in [2.75, 3.05) is 10.6 Å². The SMILES string of the molecule is Cc1cc2c(cc1-c1cc3c(cc1C)C(C(C)C)=C(O)C(=O)C3=CNc1ccccn1)C(=CNc1ccccn1)C(=O)C(O)=C2C(C)C. The van der Waals surface area contributed by atoms with Crippen molar-refractivity contribution < 1.29 is 19.8 Å². The second-order valence-electron chi connectivity index (χ2n) is 12.8. The van der Waals surface area contributed by atoms with Gasteiger partial charge in [0.15, 0.2) is 11.5 Å². The lowest BCUT2D eigenvalue weighted by molar-refractivity contribution is -0.113. The second-order valence-corrected chi connectivity index (χ2v) is 12.8. The number of nitrogens with one attached hydrogen (secondary N) is 2. The number of nitrogens with zero attached hydrogens (tertiary/aromatic N) is 2. The first-order valence-corrected chi connectivity index (χ1v) is 16.0. The van der Waals surface area contributed by atoms with E-state index in [9.17, 15) is 19.8 Å². The third-order valence-electron chi connectivity index (χ3n) is 8.82. The molecule has 8 nitrogen and oxygen atoms in total. The van der Waals surface area contributed by atoms with E-state index in [4.69, 9.17) is 0 Å². The molecule has 0 aliphatic heterocycles. The highest BCUT2D eigenvalue weighted by atomic mass is 16.3. The molecule has 2 aromatic carbocycles. The minimum Gasteiger partial charge on any atom is -0.504 e. The summed E-state index contributed by atoms with van der Waals surface area (Å²) in [5, 5.41) is 28.5. The van der Waals surface area contributed by atoms with Crippen LogP contribution < -0.4 is 10.6 Å². The molecule has 2 aliphatic rings. The molecule has 0 bridgehead atoms. The third kappa shape index (κ3) is 5.70. The van der Waals surface area contributed by atoms with E-state index in [0.717, 1.165) is 33.4 Å². The van der Waals surface area contributed by atoms with Gasteiger partial charge >= 0.3 is 0 Å². The summed E-state index contributed by atoms with van der Waals surface area (Å²) in [4.78, 5) is 36.0. The molecule has 0 atom stereocenters. The number of benzene rings is 2. The van der Waals surface area contributed by atoms with Gasteiger partial charge in [-0.2, -0.15) is 0 Å². The van der Waals surface area contributed by atoms with E-state index in [0.29, 0.717) is 45.1 Å². The molecule has 4 aromatic rings. The van der Waals surface area contributed by atoms with Crippen LogP contribution in [0.15, 0.2) is 97.0 Å². The molecule has 2 aliphatic carbocycles. The number of aliphatic hydroxyl groups excluding tert-OH is 2. The summed E-state index contributed by atoms with van der Waals surface area (Å²) in [5.41, 5.74) is 8.43. The maximum absolute atomic E-state index is 13.7. The number of rotatable bonds is 7. The number of hydrogen-bond donors (Lipinski definition) is 4. The predicted octanol–water partition coefficient (Wildman–Crippen LogP) is 8.68. The molecule has 0 saturated carbocycles. The number of ketones is 2. The first-order chi connectivity index (χ1) is 23.0. The first kappa shape index (κ1) is 32.2. The lowest BCUT2D eigenvalue weighted by Crippen LogP contribution is -2.19. The number of hydrogen-bond acceptors (Lipinski definition) is 8. The molecule has 48 heavy (non-hydrogen) atoms. The van der Waals surface area contributed by atoms with Crippen molar-refractivity contribution in [2.24, 2.45) is 11.8 Å². The number of aromatic nitrogens is 2. The molecule has 6 rings (SSSR count). The van der Waals surface area contributed by atoms with Gasteiger partial charge in [-0.1, -0.05) is 52.0 Å². The summed E-state index contributed by atoms with van der Waals surface area (Å²) in [5.74, 6) is -0.529. The van der Waals surface area contributed by atoms with Crippen molar-refractivity contribution in [1.82, 2.24) is 9.97 Å². The van der Waals surface area contributed by atoms with Gasteiger partial charge in [-0.25, -0.2) is 9.97 Å². The number of allylic oxidation sites excluding steroid dienone is 4. The minimum atomic E-state index is -0.467. The molecule has 0 radical (unpaired) electrons. The maximum Gasteiger partial charge on any atom is 0.229 e. The van der Waals surface area contributed by atoms with Gasteiger partial charge in [0.05, 0.1) is 0 Å². The smallest absolute Gasteiger partial charge is 0.229 e. The zero-order valence-corrected chi connectivity index (χ0v) is 27.8. The topological polar surface area (TPSA) is 124 Å². The fourth-order valence-electron chi connectivity index (χ4n) is 6.53. The number of Topliss-reactive ketones (excluding diaryl/α,β-unsaturated/α-hetero) is 2. The summed E-state index contributed by atoms with van der Waals surface area (Å²) in [6, 6.07) is 18.9. The molecule has 0 fully saturated rings. The van der Waals surface area contributed by atoms with Crippen LogP contribution in [-0.2, 0) is 9.59 Å². The molecule has 0 spiro atoms. The van der Waals surface area contributed by atoms with Gasteiger partial charge in [-0.05, 0) is 107 Å². The largest absolute Gasteiger partial charge is 0.504 e. The summed E-state index contributed by atoms with van der Waals surface area (Å²) in [7, 11) is 0. The van der Waals surface area contributed by atoms with E-state index in [1.165, 1.54) is 0 Å². The van der Waals surface area contributed by atoms with E-state index in [1.807, 2.05) is 90.1 Å². The monoisotopic (exact) mass is 638 g/mol. The number of anilines is 2. The quantitative estimate of drug-likeness (QED) is 0.148. The molecule has 4 N–H and O–H groups in total. The molecule has 2 aromatic heterocycles. The number of carbonyl (C=O) groups is 2. The standard InChI is InChI=1S/C40H38N4O4/c1-21(2)35-29-15-23(5)25(17-27(29)31(37(45)39(35)47)19-43-33-11-7-9-13-41-33)26-18-28-30(16-24(26)6)36(22(3)4)40(48)38(46)32(28)20-44-34-12-8-10-14-42-34/h7-22,47-48H,1-6H3,(H,41,43)(H,42,44). The van der Waals surface area contributed by atoms with Gasteiger partial charge in [0.1, 0.15) is 11.6 Å². The van der Waals surface area contributed by atoms with Crippen LogP contribution in [0.3, 0.4) is 0 Å². The van der Waals surface area contributed by atoms with Crippen molar-refractivity contribution >= 4 is 45.5 Å². The Kier molecular flexibility index (Phi) is 8.58. The summed E-state index contributed by atoms with van der Waals surface area (Å²) < 4.78 is 0. The third-order valence-corrected chi connectivity index (χ3v) is 8.82. The van der Waals surface area contributed by atoms with Crippen LogP contribution in [0.25, 0.3) is 33.4 Å². The van der Waals surface area contributed by atoms with Gasteiger partial charge in [0, 0.05) is 47.1 Å². The molecule has 8 heteroatoms. The Morgan fingerprint density at radius 3 is 1.31 bits per heavy atom. The van der Waals surface area contributed by atoms with Crippen LogP contribution in [-0.4, -0.2) is 31.7 Å².